The van der Waals surface area contributed by atoms with E-state index in [-0.39, 0.29) is 21.9 Å². The lowest BCUT2D eigenvalue weighted by molar-refractivity contribution is -0.384. The molecule has 0 bridgehead atoms. The molecule has 0 unspecified atom stereocenters. The molecule has 2 aromatic carbocycles. The Morgan fingerprint density at radius 3 is 2.29 bits per heavy atom. The molecule has 0 atom stereocenters. The van der Waals surface area contributed by atoms with Gasteiger partial charge in [-0.2, -0.15) is 0 Å². The molecule has 0 fully saturated rings. The fourth-order valence-corrected chi connectivity index (χ4v) is 2.07. The molecule has 0 amide bonds. The van der Waals surface area contributed by atoms with E-state index in [1.165, 1.54) is 0 Å². The molecule has 0 aliphatic heterocycles. The highest BCUT2D eigenvalue weighted by Gasteiger charge is 2.20. The van der Waals surface area contributed by atoms with E-state index in [0.717, 1.165) is 30.9 Å². The summed E-state index contributed by atoms with van der Waals surface area (Å²) >= 11 is 5.95. The molecular weight excluding hydrogens is 338 g/mol. The second-order valence-corrected chi connectivity index (χ2v) is 5.25. The number of carbonyl (C=O) groups excluding carboxylic acids is 2. The first-order valence-electron chi connectivity index (χ1n) is 6.68. The van der Waals surface area contributed by atoms with Crippen molar-refractivity contribution >= 4 is 29.2 Å². The molecule has 0 radical (unpaired) electrons. The lowest BCUT2D eigenvalue weighted by Crippen LogP contribution is -2.12. The lowest BCUT2D eigenvalue weighted by Gasteiger charge is -2.08. The Kier molecular flexibility index (Phi) is 5.15. The zero-order chi connectivity index (χ0) is 17.9. The first kappa shape index (κ1) is 17.4. The van der Waals surface area contributed by atoms with Gasteiger partial charge in [0, 0.05) is 12.1 Å². The van der Waals surface area contributed by atoms with E-state index >= 15 is 0 Å². The normalized spacial score (nSPS) is 10.1. The van der Waals surface area contributed by atoms with Crippen molar-refractivity contribution in [3.8, 4) is 5.75 Å². The van der Waals surface area contributed by atoms with E-state index in [1.807, 2.05) is 0 Å². The van der Waals surface area contributed by atoms with Gasteiger partial charge in [0.2, 0.25) is 0 Å². The number of carbonyl (C=O) groups is 2. The van der Waals surface area contributed by atoms with E-state index in [1.54, 1.807) is 25.1 Å². The number of hydrogen-bond acceptors (Lipinski definition) is 6. The summed E-state index contributed by atoms with van der Waals surface area (Å²) in [5, 5.41) is 11.2. The van der Waals surface area contributed by atoms with E-state index in [0.29, 0.717) is 0 Å². The number of esters is 2. The number of methoxy groups -OCH3 is 1. The predicted molar refractivity (Wildman–Crippen MR) is 85.6 cm³/mol. The molecule has 0 spiro atoms. The fraction of sp³-hybridized carbons (Fsp3) is 0.125. The molecule has 24 heavy (non-hydrogen) atoms. The summed E-state index contributed by atoms with van der Waals surface area (Å²) in [6, 6.07) is 8.04. The smallest absolute Gasteiger partial charge is 0.343 e. The molecule has 0 saturated carbocycles. The van der Waals surface area contributed by atoms with Crippen molar-refractivity contribution in [2.75, 3.05) is 7.11 Å². The van der Waals surface area contributed by atoms with Crippen molar-refractivity contribution in [3.63, 3.8) is 0 Å². The Bertz CT molecular complexity index is 833. The van der Waals surface area contributed by atoms with Crippen LogP contribution in [0.2, 0.25) is 5.02 Å². The van der Waals surface area contributed by atoms with Crippen LogP contribution in [-0.4, -0.2) is 24.0 Å². The van der Waals surface area contributed by atoms with Gasteiger partial charge in [-0.15, -0.1) is 0 Å². The van der Waals surface area contributed by atoms with Gasteiger partial charge in [0.1, 0.15) is 5.75 Å². The fourth-order valence-electron chi connectivity index (χ4n) is 1.92. The molecule has 0 N–H and O–H groups in total. The van der Waals surface area contributed by atoms with Crippen molar-refractivity contribution in [2.24, 2.45) is 0 Å². The van der Waals surface area contributed by atoms with Crippen LogP contribution in [0.3, 0.4) is 0 Å². The third-order valence-electron chi connectivity index (χ3n) is 3.07. The lowest BCUT2D eigenvalue weighted by atomic mass is 10.1. The quantitative estimate of drug-likeness (QED) is 0.362. The number of nitro groups is 1. The van der Waals surface area contributed by atoms with Gasteiger partial charge in [-0.1, -0.05) is 17.7 Å². The van der Waals surface area contributed by atoms with Crippen molar-refractivity contribution in [3.05, 3.63) is 68.2 Å². The number of benzene rings is 2. The van der Waals surface area contributed by atoms with Gasteiger partial charge in [-0.05, 0) is 30.7 Å². The highest BCUT2D eigenvalue weighted by molar-refractivity contribution is 6.32. The molecule has 0 heterocycles. The molecule has 0 aliphatic carbocycles. The Labute approximate surface area is 141 Å². The molecule has 0 aromatic heterocycles. The summed E-state index contributed by atoms with van der Waals surface area (Å²) in [7, 11) is 1.13. The number of non-ortho nitro benzene ring substituents is 1. The molecular formula is C16H12ClNO6. The van der Waals surface area contributed by atoms with Crippen LogP contribution in [-0.2, 0) is 4.74 Å². The highest BCUT2D eigenvalue weighted by atomic mass is 35.5. The molecule has 8 heteroatoms. The minimum atomic E-state index is -0.878. The first-order valence-corrected chi connectivity index (χ1v) is 7.05. The van der Waals surface area contributed by atoms with Gasteiger partial charge < -0.3 is 9.47 Å². The Hall–Kier alpha value is -2.93. The summed E-state index contributed by atoms with van der Waals surface area (Å²) in [6.45, 7) is 1.79. The van der Waals surface area contributed by atoms with Gasteiger partial charge in [-0.3, -0.25) is 10.1 Å². The third kappa shape index (κ3) is 3.88. The highest BCUT2D eigenvalue weighted by Crippen LogP contribution is 2.27. The first-order chi connectivity index (χ1) is 11.3. The standard InChI is InChI=1S/C16H12ClNO6/c1-9-3-4-13(17)14(5-9)24-16(20)11-6-10(15(19)23-2)7-12(8-11)18(21)22/h3-8H,1-2H3. The zero-order valence-corrected chi connectivity index (χ0v) is 13.5. The van der Waals surface area contributed by atoms with Gasteiger partial charge in [-0.25, -0.2) is 9.59 Å². The Morgan fingerprint density at radius 2 is 1.71 bits per heavy atom. The number of ether oxygens (including phenoxy) is 2. The van der Waals surface area contributed by atoms with Crippen LogP contribution in [0.1, 0.15) is 26.3 Å². The maximum Gasteiger partial charge on any atom is 0.343 e. The van der Waals surface area contributed by atoms with Crippen molar-refractivity contribution < 1.29 is 24.0 Å². The maximum absolute atomic E-state index is 12.3. The minimum Gasteiger partial charge on any atom is -0.465 e. The molecule has 124 valence electrons. The van der Waals surface area contributed by atoms with Crippen molar-refractivity contribution in [1.82, 2.24) is 0 Å². The summed E-state index contributed by atoms with van der Waals surface area (Å²) in [4.78, 5) is 34.1. The molecule has 7 nitrogen and oxygen atoms in total. The summed E-state index contributed by atoms with van der Waals surface area (Å²) in [5.41, 5.74) is 0.0906. The largest absolute Gasteiger partial charge is 0.465 e. The van der Waals surface area contributed by atoms with Crippen LogP contribution < -0.4 is 4.74 Å². The SMILES string of the molecule is COC(=O)c1cc(C(=O)Oc2cc(C)ccc2Cl)cc([N+](=O)[O-])c1. The van der Waals surface area contributed by atoms with Crippen LogP contribution in [0.4, 0.5) is 5.69 Å². The molecule has 2 rings (SSSR count). The van der Waals surface area contributed by atoms with Crippen LogP contribution in [0, 0.1) is 17.0 Å². The van der Waals surface area contributed by atoms with Crippen LogP contribution in [0.5, 0.6) is 5.75 Å². The van der Waals surface area contributed by atoms with Gasteiger partial charge in [0.25, 0.3) is 5.69 Å². The minimum absolute atomic E-state index is 0.118. The third-order valence-corrected chi connectivity index (χ3v) is 3.39. The monoisotopic (exact) mass is 349 g/mol. The zero-order valence-electron chi connectivity index (χ0n) is 12.7. The summed E-state index contributed by atoms with van der Waals surface area (Å²) in [5.74, 6) is -1.56. The number of aryl methyl sites for hydroxylation is 1. The molecule has 0 aliphatic rings. The average molecular weight is 350 g/mol. The number of nitro benzene ring substituents is 1. The van der Waals surface area contributed by atoms with Gasteiger partial charge in [0.15, 0.2) is 0 Å². The molecule has 2 aromatic rings. The number of hydrogen-bond donors (Lipinski definition) is 0. The van der Waals surface area contributed by atoms with Crippen LogP contribution >= 0.6 is 11.6 Å². The van der Waals surface area contributed by atoms with Crippen LogP contribution in [0.15, 0.2) is 36.4 Å². The van der Waals surface area contributed by atoms with Crippen LogP contribution in [0.25, 0.3) is 0 Å². The number of halogens is 1. The van der Waals surface area contributed by atoms with E-state index in [2.05, 4.69) is 4.74 Å². The van der Waals surface area contributed by atoms with Crippen molar-refractivity contribution in [2.45, 2.75) is 6.92 Å². The topological polar surface area (TPSA) is 95.7 Å². The van der Waals surface area contributed by atoms with Crippen molar-refractivity contribution in [1.29, 1.82) is 0 Å². The predicted octanol–water partition coefficient (Wildman–Crippen LogP) is 3.56. The van der Waals surface area contributed by atoms with Gasteiger partial charge >= 0.3 is 11.9 Å². The van der Waals surface area contributed by atoms with E-state index < -0.39 is 22.5 Å². The maximum atomic E-state index is 12.3. The number of nitrogens with zero attached hydrogens (tertiary/aromatic N) is 1. The van der Waals surface area contributed by atoms with E-state index in [4.69, 9.17) is 16.3 Å². The second kappa shape index (κ2) is 7.10. The van der Waals surface area contributed by atoms with Gasteiger partial charge in [0.05, 0.1) is 28.2 Å². The Morgan fingerprint density at radius 1 is 1.08 bits per heavy atom. The number of rotatable bonds is 4. The summed E-state index contributed by atoms with van der Waals surface area (Å²) in [6.07, 6.45) is 0. The Balaban J connectivity index is 2.41. The molecule has 0 saturated heterocycles. The average Bonchev–Trinajstić information content (AvgIpc) is 2.56. The summed E-state index contributed by atoms with van der Waals surface area (Å²) < 4.78 is 9.69. The second-order valence-electron chi connectivity index (χ2n) is 4.84. The van der Waals surface area contributed by atoms with E-state index in [9.17, 15) is 19.7 Å².